The lowest BCUT2D eigenvalue weighted by molar-refractivity contribution is -0.132. The molecule has 0 unspecified atom stereocenters. The normalized spacial score (nSPS) is 10.3. The van der Waals surface area contributed by atoms with E-state index in [0.717, 1.165) is 4.68 Å². The summed E-state index contributed by atoms with van der Waals surface area (Å²) in [5, 5.41) is 7.09. The standard InChI is InChI=1S/C13H13N3O4/c1-7(17)14-10-4-5-11-12(6-10)16(8(2)18)15-13(11)20-9(3)19/h4-6H,1-3H3,(H,14,17). The number of aromatic nitrogens is 2. The van der Waals surface area contributed by atoms with Gasteiger partial charge in [-0.05, 0) is 18.2 Å². The third-order valence-electron chi connectivity index (χ3n) is 2.51. The summed E-state index contributed by atoms with van der Waals surface area (Å²) in [6.07, 6.45) is 0. The summed E-state index contributed by atoms with van der Waals surface area (Å²) >= 11 is 0. The molecule has 1 amide bonds. The van der Waals surface area contributed by atoms with Crippen molar-refractivity contribution < 1.29 is 19.1 Å². The number of carbonyl (C=O) groups is 3. The monoisotopic (exact) mass is 275 g/mol. The molecule has 0 saturated heterocycles. The number of benzene rings is 1. The topological polar surface area (TPSA) is 90.3 Å². The fourth-order valence-electron chi connectivity index (χ4n) is 1.82. The highest BCUT2D eigenvalue weighted by Gasteiger charge is 2.16. The highest BCUT2D eigenvalue weighted by molar-refractivity contribution is 5.98. The van der Waals surface area contributed by atoms with Crippen molar-refractivity contribution in [2.24, 2.45) is 0 Å². The number of amides is 1. The van der Waals surface area contributed by atoms with E-state index in [-0.39, 0.29) is 17.7 Å². The van der Waals surface area contributed by atoms with E-state index in [4.69, 9.17) is 4.74 Å². The van der Waals surface area contributed by atoms with Gasteiger partial charge in [-0.25, -0.2) is 0 Å². The first-order valence-corrected chi connectivity index (χ1v) is 5.88. The van der Waals surface area contributed by atoms with Crippen molar-refractivity contribution in [3.63, 3.8) is 0 Å². The molecule has 7 nitrogen and oxygen atoms in total. The fourth-order valence-corrected chi connectivity index (χ4v) is 1.82. The molecule has 1 aromatic carbocycles. The molecule has 0 spiro atoms. The lowest BCUT2D eigenvalue weighted by atomic mass is 10.2. The van der Waals surface area contributed by atoms with Gasteiger partial charge in [-0.3, -0.25) is 14.4 Å². The molecule has 2 rings (SSSR count). The fraction of sp³-hybridized carbons (Fsp3) is 0.231. The number of rotatable bonds is 2. The van der Waals surface area contributed by atoms with E-state index < -0.39 is 5.97 Å². The first-order chi connectivity index (χ1) is 9.38. The number of carbonyl (C=O) groups excluding carboxylic acids is 3. The first kappa shape index (κ1) is 13.7. The van der Waals surface area contributed by atoms with Gasteiger partial charge in [-0.1, -0.05) is 0 Å². The van der Waals surface area contributed by atoms with Gasteiger partial charge in [0.25, 0.3) is 0 Å². The summed E-state index contributed by atoms with van der Waals surface area (Å²) in [7, 11) is 0. The Kier molecular flexibility index (Phi) is 3.51. The molecule has 0 atom stereocenters. The average molecular weight is 275 g/mol. The number of hydrogen-bond acceptors (Lipinski definition) is 5. The number of nitrogens with zero attached hydrogens (tertiary/aromatic N) is 2. The van der Waals surface area contributed by atoms with Crippen molar-refractivity contribution in [2.45, 2.75) is 20.8 Å². The third-order valence-corrected chi connectivity index (χ3v) is 2.51. The summed E-state index contributed by atoms with van der Waals surface area (Å²) in [5.74, 6) is -1.00. The van der Waals surface area contributed by atoms with E-state index in [1.165, 1.54) is 20.8 Å². The maximum atomic E-state index is 11.6. The molecule has 0 radical (unpaired) electrons. The van der Waals surface area contributed by atoms with Crippen LogP contribution in [0.5, 0.6) is 5.88 Å². The first-order valence-electron chi connectivity index (χ1n) is 5.88. The second-order valence-corrected chi connectivity index (χ2v) is 4.24. The van der Waals surface area contributed by atoms with Crippen LogP contribution in [0.15, 0.2) is 18.2 Å². The Balaban J connectivity index is 2.60. The van der Waals surface area contributed by atoms with Crippen LogP contribution in [-0.4, -0.2) is 27.6 Å². The molecule has 0 aliphatic rings. The van der Waals surface area contributed by atoms with E-state index in [1.54, 1.807) is 18.2 Å². The van der Waals surface area contributed by atoms with Crippen LogP contribution in [0.2, 0.25) is 0 Å². The molecular formula is C13H13N3O4. The van der Waals surface area contributed by atoms with E-state index in [0.29, 0.717) is 16.6 Å². The Morgan fingerprint density at radius 3 is 2.45 bits per heavy atom. The van der Waals surface area contributed by atoms with Gasteiger partial charge in [0.1, 0.15) is 0 Å². The Bertz CT molecular complexity index is 718. The largest absolute Gasteiger partial charge is 0.405 e. The molecule has 1 aromatic heterocycles. The van der Waals surface area contributed by atoms with Gasteiger partial charge in [0.15, 0.2) is 0 Å². The lowest BCUT2D eigenvalue weighted by Crippen LogP contribution is -2.09. The highest BCUT2D eigenvalue weighted by Crippen LogP contribution is 2.27. The Labute approximate surface area is 114 Å². The zero-order valence-corrected chi connectivity index (χ0v) is 11.3. The minimum Gasteiger partial charge on any atom is -0.405 e. The van der Waals surface area contributed by atoms with E-state index in [2.05, 4.69) is 10.4 Å². The number of anilines is 1. The van der Waals surface area contributed by atoms with Crippen molar-refractivity contribution in [2.75, 3.05) is 5.32 Å². The van der Waals surface area contributed by atoms with Gasteiger partial charge in [0, 0.05) is 26.5 Å². The molecule has 0 aliphatic carbocycles. The molecular weight excluding hydrogens is 262 g/mol. The maximum Gasteiger partial charge on any atom is 0.309 e. The zero-order valence-electron chi connectivity index (χ0n) is 11.3. The van der Waals surface area contributed by atoms with Crippen molar-refractivity contribution in [1.82, 2.24) is 9.78 Å². The number of hydrogen-bond donors (Lipinski definition) is 1. The third kappa shape index (κ3) is 2.66. The summed E-state index contributed by atoms with van der Waals surface area (Å²) in [6.45, 7) is 3.98. The van der Waals surface area contributed by atoms with Crippen molar-refractivity contribution >= 4 is 34.4 Å². The quantitative estimate of drug-likeness (QED) is 0.840. The molecule has 104 valence electrons. The smallest absolute Gasteiger partial charge is 0.309 e. The molecule has 2 aromatic rings. The van der Waals surface area contributed by atoms with E-state index in [9.17, 15) is 14.4 Å². The van der Waals surface area contributed by atoms with Gasteiger partial charge < -0.3 is 10.1 Å². The Hall–Kier alpha value is -2.70. The van der Waals surface area contributed by atoms with Gasteiger partial charge in [0.2, 0.25) is 17.7 Å². The van der Waals surface area contributed by atoms with Crippen molar-refractivity contribution in [3.8, 4) is 5.88 Å². The Morgan fingerprint density at radius 2 is 1.90 bits per heavy atom. The van der Waals surface area contributed by atoms with Gasteiger partial charge in [-0.15, -0.1) is 5.10 Å². The number of nitrogens with one attached hydrogen (secondary N) is 1. The second-order valence-electron chi connectivity index (χ2n) is 4.24. The maximum absolute atomic E-state index is 11.6. The minimum atomic E-state index is -0.522. The number of esters is 1. The van der Waals surface area contributed by atoms with E-state index in [1.807, 2.05) is 0 Å². The molecule has 1 heterocycles. The number of ether oxygens (including phenoxy) is 1. The number of fused-ring (bicyclic) bond motifs is 1. The van der Waals surface area contributed by atoms with Crippen LogP contribution in [0.1, 0.15) is 25.6 Å². The van der Waals surface area contributed by atoms with Gasteiger partial charge in [0.05, 0.1) is 10.9 Å². The predicted octanol–water partition coefficient (Wildman–Crippen LogP) is 1.58. The van der Waals surface area contributed by atoms with Crippen LogP contribution in [0, 0.1) is 0 Å². The predicted molar refractivity (Wildman–Crippen MR) is 71.6 cm³/mol. The summed E-state index contributed by atoms with van der Waals surface area (Å²) in [4.78, 5) is 33.6. The SMILES string of the molecule is CC(=O)Nc1ccc2c(OC(C)=O)nn(C(C)=O)c2c1. The summed E-state index contributed by atoms with van der Waals surface area (Å²) in [5.41, 5.74) is 0.988. The summed E-state index contributed by atoms with van der Waals surface area (Å²) in [6, 6.07) is 4.87. The van der Waals surface area contributed by atoms with Crippen LogP contribution < -0.4 is 10.1 Å². The molecule has 7 heteroatoms. The molecule has 20 heavy (non-hydrogen) atoms. The Morgan fingerprint density at radius 1 is 1.20 bits per heavy atom. The lowest BCUT2D eigenvalue weighted by Gasteiger charge is -2.02. The van der Waals surface area contributed by atoms with Crippen LogP contribution >= 0.6 is 0 Å². The van der Waals surface area contributed by atoms with Gasteiger partial charge >= 0.3 is 5.97 Å². The van der Waals surface area contributed by atoms with Crippen molar-refractivity contribution in [3.05, 3.63) is 18.2 Å². The molecule has 0 bridgehead atoms. The zero-order chi connectivity index (χ0) is 14.9. The van der Waals surface area contributed by atoms with Crippen molar-refractivity contribution in [1.29, 1.82) is 0 Å². The van der Waals surface area contributed by atoms with E-state index >= 15 is 0 Å². The van der Waals surface area contributed by atoms with Crippen LogP contribution in [0.3, 0.4) is 0 Å². The van der Waals surface area contributed by atoms with Gasteiger partial charge in [-0.2, -0.15) is 4.68 Å². The van der Waals surface area contributed by atoms with Crippen LogP contribution in [0.4, 0.5) is 5.69 Å². The van der Waals surface area contributed by atoms with Crippen LogP contribution in [-0.2, 0) is 9.59 Å². The minimum absolute atomic E-state index is 0.0667. The molecule has 0 aliphatic heterocycles. The second kappa shape index (κ2) is 5.12. The molecule has 0 saturated carbocycles. The summed E-state index contributed by atoms with van der Waals surface area (Å²) < 4.78 is 6.09. The van der Waals surface area contributed by atoms with Crippen LogP contribution in [0.25, 0.3) is 10.9 Å². The molecule has 0 fully saturated rings. The molecule has 1 N–H and O–H groups in total. The average Bonchev–Trinajstić information content (AvgIpc) is 2.66. The highest BCUT2D eigenvalue weighted by atomic mass is 16.5.